The quantitative estimate of drug-likeness (QED) is 0.480. The topological polar surface area (TPSA) is 9.23 Å². The molecule has 1 aliphatic rings. The highest BCUT2D eigenvalue weighted by molar-refractivity contribution is 9.09. The van der Waals surface area contributed by atoms with Gasteiger partial charge >= 0.3 is 6.18 Å². The van der Waals surface area contributed by atoms with Crippen LogP contribution in [0.1, 0.15) is 17.5 Å². The second-order valence-electron chi connectivity index (χ2n) is 5.42. The predicted molar refractivity (Wildman–Crippen MR) is 83.4 cm³/mol. The Morgan fingerprint density at radius 3 is 2.57 bits per heavy atom. The van der Waals surface area contributed by atoms with Crippen LogP contribution in [0, 0.1) is 5.82 Å². The van der Waals surface area contributed by atoms with Crippen LogP contribution in [0.15, 0.2) is 36.4 Å². The Morgan fingerprint density at radius 1 is 1.13 bits per heavy atom. The summed E-state index contributed by atoms with van der Waals surface area (Å²) in [6.45, 7) is 0. The summed E-state index contributed by atoms with van der Waals surface area (Å²) in [5.74, 6) is -0.213. The molecule has 0 radical (unpaired) electrons. The van der Waals surface area contributed by atoms with E-state index in [9.17, 15) is 17.6 Å². The largest absolute Gasteiger partial charge is 0.489 e. The molecule has 1 atom stereocenters. The van der Waals surface area contributed by atoms with E-state index < -0.39 is 17.6 Å². The predicted octanol–water partition coefficient (Wildman–Crippen LogP) is 5.60. The molecule has 0 unspecified atom stereocenters. The molecule has 1 heterocycles. The molecule has 2 aromatic rings. The summed E-state index contributed by atoms with van der Waals surface area (Å²) in [6.07, 6.45) is -3.38. The van der Waals surface area contributed by atoms with Crippen molar-refractivity contribution < 1.29 is 22.3 Å². The van der Waals surface area contributed by atoms with Gasteiger partial charge in [-0.2, -0.15) is 13.2 Å². The number of fused-ring (bicyclic) bond motifs is 1. The minimum Gasteiger partial charge on any atom is -0.489 e. The van der Waals surface area contributed by atoms with Gasteiger partial charge in [-0.1, -0.05) is 34.1 Å². The van der Waals surface area contributed by atoms with Gasteiger partial charge in [0.1, 0.15) is 17.7 Å². The van der Waals surface area contributed by atoms with Crippen LogP contribution >= 0.6 is 15.9 Å². The van der Waals surface area contributed by atoms with Gasteiger partial charge in [-0.3, -0.25) is 0 Å². The molecule has 0 saturated heterocycles. The molecule has 23 heavy (non-hydrogen) atoms. The molecule has 1 aliphatic heterocycles. The van der Waals surface area contributed by atoms with Crippen molar-refractivity contribution in [2.75, 3.05) is 5.33 Å². The third kappa shape index (κ3) is 3.22. The first-order chi connectivity index (χ1) is 10.9. The molecule has 0 bridgehead atoms. The van der Waals surface area contributed by atoms with Crippen molar-refractivity contribution in [1.82, 2.24) is 0 Å². The smallest absolute Gasteiger partial charge is 0.417 e. The lowest BCUT2D eigenvalue weighted by molar-refractivity contribution is -0.137. The summed E-state index contributed by atoms with van der Waals surface area (Å²) in [7, 11) is 0. The zero-order valence-electron chi connectivity index (χ0n) is 12.0. The van der Waals surface area contributed by atoms with Crippen molar-refractivity contribution in [3.05, 3.63) is 53.3 Å². The van der Waals surface area contributed by atoms with E-state index in [0.717, 1.165) is 12.1 Å². The zero-order valence-corrected chi connectivity index (χ0v) is 13.5. The minimum absolute atomic E-state index is 0.0639. The van der Waals surface area contributed by atoms with Gasteiger partial charge in [0.25, 0.3) is 0 Å². The van der Waals surface area contributed by atoms with Crippen molar-refractivity contribution in [2.24, 2.45) is 0 Å². The average Bonchev–Trinajstić information content (AvgIpc) is 2.53. The Morgan fingerprint density at radius 2 is 1.87 bits per heavy atom. The minimum atomic E-state index is -4.51. The van der Waals surface area contributed by atoms with Crippen LogP contribution < -0.4 is 4.74 Å². The summed E-state index contributed by atoms with van der Waals surface area (Å²) < 4.78 is 59.5. The number of ether oxygens (including phenoxy) is 1. The van der Waals surface area contributed by atoms with Crippen molar-refractivity contribution >= 4 is 15.9 Å². The van der Waals surface area contributed by atoms with Gasteiger partial charge in [0, 0.05) is 10.9 Å². The zero-order chi connectivity index (χ0) is 16.6. The molecule has 0 spiro atoms. The van der Waals surface area contributed by atoms with Crippen LogP contribution in [-0.2, 0) is 12.6 Å². The number of aryl methyl sites for hydroxylation is 1. The average molecular weight is 389 g/mol. The van der Waals surface area contributed by atoms with E-state index >= 15 is 0 Å². The van der Waals surface area contributed by atoms with Gasteiger partial charge in [0.2, 0.25) is 0 Å². The number of rotatable bonds is 2. The number of hydrogen-bond acceptors (Lipinski definition) is 1. The maximum absolute atomic E-state index is 13.9. The number of benzene rings is 2. The summed E-state index contributed by atoms with van der Waals surface area (Å²) in [4.78, 5) is 0. The van der Waals surface area contributed by atoms with E-state index in [1.54, 1.807) is 0 Å². The fraction of sp³-hybridized carbons (Fsp3) is 0.294. The Labute approximate surface area is 139 Å². The number of halogens is 5. The third-order valence-electron chi connectivity index (χ3n) is 3.85. The maximum atomic E-state index is 13.9. The Balaban J connectivity index is 2.20. The first-order valence-electron chi connectivity index (χ1n) is 7.12. The molecule has 0 aromatic heterocycles. The molecule has 6 heteroatoms. The molecular weight excluding hydrogens is 376 g/mol. The van der Waals surface area contributed by atoms with E-state index in [1.807, 2.05) is 0 Å². The maximum Gasteiger partial charge on any atom is 0.417 e. The molecule has 2 aromatic carbocycles. The van der Waals surface area contributed by atoms with Crippen molar-refractivity contribution in [3.63, 3.8) is 0 Å². The number of hydrogen-bond donors (Lipinski definition) is 0. The first-order valence-corrected chi connectivity index (χ1v) is 8.24. The van der Waals surface area contributed by atoms with Crippen LogP contribution in [0.2, 0.25) is 0 Å². The fourth-order valence-corrected chi connectivity index (χ4v) is 3.25. The summed E-state index contributed by atoms with van der Waals surface area (Å²) in [5.41, 5.74) is -0.101. The van der Waals surface area contributed by atoms with Crippen molar-refractivity contribution in [3.8, 4) is 16.9 Å². The molecule has 0 amide bonds. The van der Waals surface area contributed by atoms with Gasteiger partial charge < -0.3 is 4.74 Å². The molecule has 3 rings (SSSR count). The summed E-state index contributed by atoms with van der Waals surface area (Å²) in [6, 6.07) is 7.61. The van der Waals surface area contributed by atoms with Gasteiger partial charge in [-0.05, 0) is 42.2 Å². The molecule has 0 saturated carbocycles. The second-order valence-corrected chi connectivity index (χ2v) is 6.07. The van der Waals surface area contributed by atoms with Crippen LogP contribution in [0.4, 0.5) is 17.6 Å². The van der Waals surface area contributed by atoms with E-state index in [1.165, 1.54) is 24.3 Å². The van der Waals surface area contributed by atoms with Gasteiger partial charge in [-0.25, -0.2) is 4.39 Å². The van der Waals surface area contributed by atoms with Crippen LogP contribution in [0.3, 0.4) is 0 Å². The summed E-state index contributed by atoms with van der Waals surface area (Å²) >= 11 is 3.33. The monoisotopic (exact) mass is 388 g/mol. The second kappa shape index (κ2) is 6.15. The highest BCUT2D eigenvalue weighted by atomic mass is 79.9. The molecule has 122 valence electrons. The molecule has 1 nitrogen and oxygen atoms in total. The normalized spacial score (nSPS) is 17.5. The van der Waals surface area contributed by atoms with E-state index in [0.29, 0.717) is 29.5 Å². The lowest BCUT2D eigenvalue weighted by Gasteiger charge is -2.27. The van der Waals surface area contributed by atoms with Crippen LogP contribution in [0.25, 0.3) is 11.1 Å². The third-order valence-corrected chi connectivity index (χ3v) is 4.57. The standard InChI is InChI=1S/C17H13BrF4O/c18-9-12-6-5-10-7-11(19)8-14(16(10)23-12)13-3-1-2-4-15(13)17(20,21)22/h1-4,7-8,12H,5-6,9H2/t12-/m1/s1. The molecule has 0 N–H and O–H groups in total. The molecular formula is C17H13BrF4O. The highest BCUT2D eigenvalue weighted by Gasteiger charge is 2.35. The number of alkyl halides is 4. The first kappa shape index (κ1) is 16.3. The van der Waals surface area contributed by atoms with Crippen LogP contribution in [-0.4, -0.2) is 11.4 Å². The van der Waals surface area contributed by atoms with Gasteiger partial charge in [0.15, 0.2) is 0 Å². The lowest BCUT2D eigenvalue weighted by Crippen LogP contribution is -2.24. The highest BCUT2D eigenvalue weighted by Crippen LogP contribution is 2.43. The van der Waals surface area contributed by atoms with E-state index in [4.69, 9.17) is 4.74 Å². The lowest BCUT2D eigenvalue weighted by atomic mass is 9.93. The van der Waals surface area contributed by atoms with Gasteiger partial charge in [-0.15, -0.1) is 0 Å². The van der Waals surface area contributed by atoms with Crippen LogP contribution in [0.5, 0.6) is 5.75 Å². The Kier molecular flexibility index (Phi) is 4.36. The fourth-order valence-electron chi connectivity index (χ4n) is 2.79. The Bertz CT molecular complexity index is 727. The van der Waals surface area contributed by atoms with Crippen molar-refractivity contribution in [1.29, 1.82) is 0 Å². The SMILES string of the molecule is Fc1cc2c(c(-c3ccccc3C(F)(F)F)c1)O[C@@H](CBr)CC2. The molecule has 0 aliphatic carbocycles. The van der Waals surface area contributed by atoms with Crippen molar-refractivity contribution in [2.45, 2.75) is 25.1 Å². The van der Waals surface area contributed by atoms with E-state index in [-0.39, 0.29) is 17.2 Å². The Hall–Kier alpha value is -1.56. The van der Waals surface area contributed by atoms with Gasteiger partial charge in [0.05, 0.1) is 5.56 Å². The van der Waals surface area contributed by atoms with E-state index in [2.05, 4.69) is 15.9 Å². The molecule has 0 fully saturated rings. The summed E-state index contributed by atoms with van der Waals surface area (Å²) in [5, 5.41) is 0.574.